The Hall–Kier alpha value is -2.33. The first-order chi connectivity index (χ1) is 12.3. The van der Waals surface area contributed by atoms with Gasteiger partial charge < -0.3 is 14.7 Å². The van der Waals surface area contributed by atoms with E-state index in [1.165, 1.54) is 37.1 Å². The standard InChI is InChI=1S/C21H26N2O2/c1-2-25-20-7-5-6-19(21(20)24)15-22-14-17-8-10-18(11-9-17)16-23-12-3-4-13-23/h5-11,15,24H,2-4,12-14,16H2,1H3/p+1. The number of ether oxygens (including phenoxy) is 1. The Kier molecular flexibility index (Phi) is 6.07. The van der Waals surface area contributed by atoms with Gasteiger partial charge in [-0.1, -0.05) is 30.3 Å². The van der Waals surface area contributed by atoms with Crippen LogP contribution in [0.3, 0.4) is 0 Å². The number of quaternary nitrogens is 1. The molecule has 0 amide bonds. The third-order valence-corrected chi connectivity index (χ3v) is 4.62. The molecule has 0 unspecified atom stereocenters. The predicted octanol–water partition coefficient (Wildman–Crippen LogP) is 2.59. The summed E-state index contributed by atoms with van der Waals surface area (Å²) in [7, 11) is 0. The maximum atomic E-state index is 10.2. The van der Waals surface area contributed by atoms with Crippen LogP contribution in [0.25, 0.3) is 0 Å². The molecule has 1 saturated heterocycles. The maximum absolute atomic E-state index is 10.2. The molecule has 1 fully saturated rings. The van der Waals surface area contributed by atoms with Gasteiger partial charge in [-0.05, 0) is 24.6 Å². The molecule has 25 heavy (non-hydrogen) atoms. The summed E-state index contributed by atoms with van der Waals surface area (Å²) in [5, 5.41) is 10.2. The van der Waals surface area contributed by atoms with Crippen LogP contribution in [-0.4, -0.2) is 31.0 Å². The Labute approximate surface area is 149 Å². The maximum Gasteiger partial charge on any atom is 0.166 e. The molecule has 2 aromatic rings. The number of nitrogens with zero attached hydrogens (tertiary/aromatic N) is 1. The SMILES string of the molecule is CCOc1cccc(C=NCc2ccc(C[NH+]3CCCC3)cc2)c1O. The summed E-state index contributed by atoms with van der Waals surface area (Å²) in [5.74, 6) is 0.650. The van der Waals surface area contributed by atoms with Crippen molar-refractivity contribution in [1.29, 1.82) is 0 Å². The molecular formula is C21H27N2O2+. The van der Waals surface area contributed by atoms with Crippen molar-refractivity contribution in [2.24, 2.45) is 4.99 Å². The number of hydrogen-bond donors (Lipinski definition) is 2. The zero-order valence-corrected chi connectivity index (χ0v) is 14.9. The highest BCUT2D eigenvalue weighted by Gasteiger charge is 2.15. The summed E-state index contributed by atoms with van der Waals surface area (Å²) >= 11 is 0. The van der Waals surface area contributed by atoms with Gasteiger partial charge in [0, 0.05) is 30.2 Å². The van der Waals surface area contributed by atoms with Crippen molar-refractivity contribution in [3.05, 3.63) is 59.2 Å². The molecule has 0 saturated carbocycles. The largest absolute Gasteiger partial charge is 0.504 e. The lowest BCUT2D eigenvalue weighted by Crippen LogP contribution is -3.08. The van der Waals surface area contributed by atoms with Crippen molar-refractivity contribution in [2.45, 2.75) is 32.9 Å². The van der Waals surface area contributed by atoms with E-state index < -0.39 is 0 Å². The Morgan fingerprint density at radius 3 is 2.52 bits per heavy atom. The van der Waals surface area contributed by atoms with E-state index >= 15 is 0 Å². The minimum atomic E-state index is 0.150. The lowest BCUT2D eigenvalue weighted by atomic mass is 10.1. The average Bonchev–Trinajstić information content (AvgIpc) is 3.13. The molecule has 2 aromatic carbocycles. The van der Waals surface area contributed by atoms with Gasteiger partial charge in [0.1, 0.15) is 6.54 Å². The van der Waals surface area contributed by atoms with Gasteiger partial charge in [0.2, 0.25) is 0 Å². The molecule has 0 aliphatic carbocycles. The summed E-state index contributed by atoms with van der Waals surface area (Å²) in [6.45, 7) is 6.76. The van der Waals surface area contributed by atoms with E-state index in [0.29, 0.717) is 24.5 Å². The van der Waals surface area contributed by atoms with Crippen molar-refractivity contribution in [1.82, 2.24) is 0 Å². The van der Waals surface area contributed by atoms with Gasteiger partial charge >= 0.3 is 0 Å². The molecule has 0 aromatic heterocycles. The van der Waals surface area contributed by atoms with Gasteiger partial charge in [-0.25, -0.2) is 0 Å². The monoisotopic (exact) mass is 339 g/mol. The van der Waals surface area contributed by atoms with Crippen LogP contribution in [0.15, 0.2) is 47.5 Å². The molecule has 4 heteroatoms. The third-order valence-electron chi connectivity index (χ3n) is 4.62. The van der Waals surface area contributed by atoms with Gasteiger partial charge in [-0.15, -0.1) is 0 Å². The zero-order chi connectivity index (χ0) is 17.5. The van der Waals surface area contributed by atoms with Crippen LogP contribution in [0.4, 0.5) is 0 Å². The highest BCUT2D eigenvalue weighted by molar-refractivity contribution is 5.84. The van der Waals surface area contributed by atoms with Gasteiger partial charge in [-0.3, -0.25) is 4.99 Å². The zero-order valence-electron chi connectivity index (χ0n) is 14.9. The molecule has 0 spiro atoms. The first-order valence-electron chi connectivity index (χ1n) is 9.12. The second kappa shape index (κ2) is 8.67. The van der Waals surface area contributed by atoms with Crippen molar-refractivity contribution in [3.63, 3.8) is 0 Å². The number of aromatic hydroxyl groups is 1. The number of likely N-dealkylation sites (tertiary alicyclic amines) is 1. The number of phenols is 1. The van der Waals surface area contributed by atoms with E-state index in [1.807, 2.05) is 19.1 Å². The number of nitrogens with one attached hydrogen (secondary N) is 1. The molecule has 132 valence electrons. The minimum Gasteiger partial charge on any atom is -0.504 e. The third kappa shape index (κ3) is 4.83. The van der Waals surface area contributed by atoms with Gasteiger partial charge in [0.15, 0.2) is 11.5 Å². The summed E-state index contributed by atoms with van der Waals surface area (Å²) in [4.78, 5) is 6.15. The molecule has 3 rings (SSSR count). The molecule has 0 radical (unpaired) electrons. The van der Waals surface area contributed by atoms with Crippen LogP contribution in [0.2, 0.25) is 0 Å². The minimum absolute atomic E-state index is 0.150. The number of hydrogen-bond acceptors (Lipinski definition) is 3. The smallest absolute Gasteiger partial charge is 0.166 e. The summed E-state index contributed by atoms with van der Waals surface area (Å²) in [5.41, 5.74) is 3.25. The molecule has 1 aliphatic rings. The number of rotatable bonds is 7. The first-order valence-corrected chi connectivity index (χ1v) is 9.12. The molecule has 1 heterocycles. The second-order valence-electron chi connectivity index (χ2n) is 6.55. The van der Waals surface area contributed by atoms with Crippen LogP contribution in [0.1, 0.15) is 36.5 Å². The van der Waals surface area contributed by atoms with E-state index in [2.05, 4.69) is 29.3 Å². The Morgan fingerprint density at radius 2 is 1.80 bits per heavy atom. The number of phenolic OH excluding ortho intramolecular Hbond substituents is 1. The van der Waals surface area contributed by atoms with Crippen LogP contribution in [0.5, 0.6) is 11.5 Å². The number of aliphatic imine (C=N–C) groups is 1. The van der Waals surface area contributed by atoms with E-state index in [1.54, 1.807) is 17.2 Å². The van der Waals surface area contributed by atoms with Crippen LogP contribution < -0.4 is 9.64 Å². The van der Waals surface area contributed by atoms with Gasteiger partial charge in [0.25, 0.3) is 0 Å². The van der Waals surface area contributed by atoms with Gasteiger partial charge in [-0.2, -0.15) is 0 Å². The van der Waals surface area contributed by atoms with E-state index in [9.17, 15) is 5.11 Å². The van der Waals surface area contributed by atoms with Crippen LogP contribution >= 0.6 is 0 Å². The molecular weight excluding hydrogens is 312 g/mol. The summed E-state index contributed by atoms with van der Waals surface area (Å²) in [6, 6.07) is 14.2. The second-order valence-corrected chi connectivity index (χ2v) is 6.55. The van der Waals surface area contributed by atoms with E-state index in [-0.39, 0.29) is 5.75 Å². The predicted molar refractivity (Wildman–Crippen MR) is 101 cm³/mol. The van der Waals surface area contributed by atoms with Crippen molar-refractivity contribution < 1.29 is 14.7 Å². The molecule has 4 nitrogen and oxygen atoms in total. The van der Waals surface area contributed by atoms with Crippen LogP contribution in [-0.2, 0) is 13.1 Å². The van der Waals surface area contributed by atoms with Gasteiger partial charge in [0.05, 0.1) is 26.2 Å². The normalized spacial score (nSPS) is 15.1. The highest BCUT2D eigenvalue weighted by atomic mass is 16.5. The number of para-hydroxylation sites is 1. The summed E-state index contributed by atoms with van der Waals surface area (Å²) in [6.07, 6.45) is 4.43. The molecule has 2 N–H and O–H groups in total. The van der Waals surface area contributed by atoms with Crippen molar-refractivity contribution >= 4 is 6.21 Å². The molecule has 0 atom stereocenters. The summed E-state index contributed by atoms with van der Waals surface area (Å²) < 4.78 is 5.40. The highest BCUT2D eigenvalue weighted by Crippen LogP contribution is 2.28. The molecule has 1 aliphatic heterocycles. The fourth-order valence-corrected chi connectivity index (χ4v) is 3.27. The van der Waals surface area contributed by atoms with Crippen LogP contribution in [0, 0.1) is 0 Å². The lowest BCUT2D eigenvalue weighted by Gasteiger charge is -2.12. The Balaban J connectivity index is 1.57. The Bertz CT molecular complexity index is 704. The fourth-order valence-electron chi connectivity index (χ4n) is 3.27. The number of benzene rings is 2. The first kappa shape index (κ1) is 17.5. The van der Waals surface area contributed by atoms with Crippen molar-refractivity contribution in [2.75, 3.05) is 19.7 Å². The van der Waals surface area contributed by atoms with E-state index in [4.69, 9.17) is 4.74 Å². The topological polar surface area (TPSA) is 46.3 Å². The lowest BCUT2D eigenvalue weighted by molar-refractivity contribution is -0.901. The Morgan fingerprint density at radius 1 is 1.08 bits per heavy atom. The van der Waals surface area contributed by atoms with E-state index in [0.717, 1.165) is 6.54 Å². The average molecular weight is 339 g/mol. The fraction of sp³-hybridized carbons (Fsp3) is 0.381. The molecule has 0 bridgehead atoms. The quantitative estimate of drug-likeness (QED) is 0.762. The van der Waals surface area contributed by atoms with Crippen molar-refractivity contribution in [3.8, 4) is 11.5 Å².